The van der Waals surface area contributed by atoms with Gasteiger partial charge in [-0.05, 0) is 31.2 Å². The Morgan fingerprint density at radius 2 is 2.13 bits per heavy atom. The number of amides is 1. The van der Waals surface area contributed by atoms with Crippen molar-refractivity contribution in [1.82, 2.24) is 15.5 Å². The third-order valence-corrected chi connectivity index (χ3v) is 5.78. The van der Waals surface area contributed by atoms with Gasteiger partial charge in [0.05, 0.1) is 10.1 Å². The molecular formula is C16H21N3O2S2. The average Bonchev–Trinajstić information content (AvgIpc) is 3.16. The topological polar surface area (TPSA) is 68.0 Å². The molecule has 0 aromatic carbocycles. The number of nitrogens with zero attached hydrogens (tertiary/aromatic N) is 2. The summed E-state index contributed by atoms with van der Waals surface area (Å²) < 4.78 is 5.63. The molecule has 1 amide bonds. The van der Waals surface area contributed by atoms with E-state index in [1.165, 1.54) is 37.4 Å². The molecule has 5 nitrogen and oxygen atoms in total. The van der Waals surface area contributed by atoms with Gasteiger partial charge in [0.2, 0.25) is 5.91 Å². The molecular weight excluding hydrogens is 330 g/mol. The summed E-state index contributed by atoms with van der Waals surface area (Å²) in [6.07, 6.45) is 7.16. The molecule has 0 saturated heterocycles. The van der Waals surface area contributed by atoms with Gasteiger partial charge in [-0.1, -0.05) is 43.5 Å². The molecule has 1 N–H and O–H groups in total. The van der Waals surface area contributed by atoms with E-state index in [2.05, 4.69) is 15.5 Å². The molecule has 3 rings (SSSR count). The Morgan fingerprint density at radius 3 is 2.83 bits per heavy atom. The minimum Gasteiger partial charge on any atom is -0.410 e. The molecule has 1 atom stereocenters. The van der Waals surface area contributed by atoms with Crippen LogP contribution >= 0.6 is 23.1 Å². The number of thiophene rings is 1. The van der Waals surface area contributed by atoms with Gasteiger partial charge in [0.1, 0.15) is 0 Å². The third kappa shape index (κ3) is 4.57. The van der Waals surface area contributed by atoms with E-state index in [-0.39, 0.29) is 11.2 Å². The van der Waals surface area contributed by atoms with Gasteiger partial charge in [0.15, 0.2) is 0 Å². The molecule has 1 fully saturated rings. The van der Waals surface area contributed by atoms with E-state index in [0.717, 1.165) is 17.7 Å². The molecule has 1 saturated carbocycles. The first kappa shape index (κ1) is 16.5. The summed E-state index contributed by atoms with van der Waals surface area (Å²) in [5.41, 5.74) is 0. The summed E-state index contributed by atoms with van der Waals surface area (Å²) in [5, 5.41) is 13.4. The highest BCUT2D eigenvalue weighted by molar-refractivity contribution is 8.00. The first-order valence-electron chi connectivity index (χ1n) is 8.07. The second-order valence-electron chi connectivity index (χ2n) is 5.81. The molecule has 0 unspecified atom stereocenters. The zero-order chi connectivity index (χ0) is 16.1. The van der Waals surface area contributed by atoms with Crippen LogP contribution in [0, 0.1) is 0 Å². The number of carbonyl (C=O) groups is 1. The molecule has 0 radical (unpaired) electrons. The van der Waals surface area contributed by atoms with E-state index in [4.69, 9.17) is 4.42 Å². The molecule has 2 heterocycles. The van der Waals surface area contributed by atoms with Crippen molar-refractivity contribution in [3.05, 3.63) is 17.5 Å². The van der Waals surface area contributed by atoms with Crippen molar-refractivity contribution >= 4 is 29.0 Å². The van der Waals surface area contributed by atoms with Crippen molar-refractivity contribution in [2.45, 2.75) is 62.0 Å². The van der Waals surface area contributed by atoms with Gasteiger partial charge in [0, 0.05) is 6.04 Å². The Balaban J connectivity index is 1.53. The Kier molecular flexibility index (Phi) is 5.72. The minimum atomic E-state index is -0.241. The van der Waals surface area contributed by atoms with Crippen molar-refractivity contribution < 1.29 is 9.21 Å². The number of hydrogen-bond acceptors (Lipinski definition) is 6. The standard InChI is InChI=1S/C16H21N3O2S2/c1-11(14(20)17-12-7-4-2-3-5-8-12)23-16-19-18-15(21-16)13-9-6-10-22-13/h6,9-12H,2-5,7-8H2,1H3,(H,17,20)/t11-/m0/s1. The Bertz CT molecular complexity index is 619. The van der Waals surface area contributed by atoms with Crippen molar-refractivity contribution in [2.24, 2.45) is 0 Å². The maximum atomic E-state index is 12.3. The summed E-state index contributed by atoms with van der Waals surface area (Å²) in [5.74, 6) is 0.566. The second kappa shape index (κ2) is 7.97. The number of aromatic nitrogens is 2. The molecule has 23 heavy (non-hydrogen) atoms. The number of nitrogens with one attached hydrogen (secondary N) is 1. The van der Waals surface area contributed by atoms with Crippen LogP contribution in [0.2, 0.25) is 0 Å². The van der Waals surface area contributed by atoms with Crippen LogP contribution in [0.15, 0.2) is 27.2 Å². The van der Waals surface area contributed by atoms with Crippen molar-refractivity contribution in [1.29, 1.82) is 0 Å². The maximum absolute atomic E-state index is 12.3. The van der Waals surface area contributed by atoms with Crippen LogP contribution in [0.3, 0.4) is 0 Å². The number of rotatable bonds is 5. The first-order valence-corrected chi connectivity index (χ1v) is 9.83. The minimum absolute atomic E-state index is 0.0535. The average molecular weight is 351 g/mol. The third-order valence-electron chi connectivity index (χ3n) is 3.99. The summed E-state index contributed by atoms with van der Waals surface area (Å²) in [6, 6.07) is 4.20. The van der Waals surface area contributed by atoms with Gasteiger partial charge in [0.25, 0.3) is 11.1 Å². The van der Waals surface area contributed by atoms with Crippen LogP contribution in [0.5, 0.6) is 0 Å². The summed E-state index contributed by atoms with van der Waals surface area (Å²) in [7, 11) is 0. The highest BCUT2D eigenvalue weighted by atomic mass is 32.2. The molecule has 0 spiro atoms. The normalized spacial score (nSPS) is 17.6. The lowest BCUT2D eigenvalue weighted by Crippen LogP contribution is -2.39. The molecule has 2 aromatic heterocycles. The van der Waals surface area contributed by atoms with Gasteiger partial charge < -0.3 is 9.73 Å². The van der Waals surface area contributed by atoms with Gasteiger partial charge in [-0.25, -0.2) is 0 Å². The number of carbonyl (C=O) groups excluding carboxylic acids is 1. The fourth-order valence-electron chi connectivity index (χ4n) is 2.70. The van der Waals surface area contributed by atoms with Crippen LogP contribution in [-0.2, 0) is 4.79 Å². The van der Waals surface area contributed by atoms with Crippen LogP contribution in [-0.4, -0.2) is 27.4 Å². The zero-order valence-electron chi connectivity index (χ0n) is 13.2. The predicted molar refractivity (Wildman–Crippen MR) is 92.6 cm³/mol. The largest absolute Gasteiger partial charge is 0.410 e. The first-order chi connectivity index (χ1) is 11.2. The van der Waals surface area contributed by atoms with Crippen LogP contribution in [0.1, 0.15) is 45.4 Å². The van der Waals surface area contributed by atoms with Crippen molar-refractivity contribution in [2.75, 3.05) is 0 Å². The maximum Gasteiger partial charge on any atom is 0.277 e. The van der Waals surface area contributed by atoms with Gasteiger partial charge >= 0.3 is 0 Å². The smallest absolute Gasteiger partial charge is 0.277 e. The molecule has 0 bridgehead atoms. The van der Waals surface area contributed by atoms with E-state index in [1.807, 2.05) is 24.4 Å². The number of hydrogen-bond donors (Lipinski definition) is 1. The lowest BCUT2D eigenvalue weighted by Gasteiger charge is -2.18. The lowest BCUT2D eigenvalue weighted by atomic mass is 10.1. The molecule has 0 aliphatic heterocycles. The summed E-state index contributed by atoms with van der Waals surface area (Å²) in [4.78, 5) is 13.3. The molecule has 2 aromatic rings. The predicted octanol–water partition coefficient (Wildman–Crippen LogP) is 4.12. The molecule has 1 aliphatic carbocycles. The molecule has 1 aliphatic rings. The van der Waals surface area contributed by atoms with Crippen LogP contribution in [0.25, 0.3) is 10.8 Å². The van der Waals surface area contributed by atoms with Crippen LogP contribution in [0.4, 0.5) is 0 Å². The van der Waals surface area contributed by atoms with E-state index in [9.17, 15) is 4.79 Å². The Hall–Kier alpha value is -1.34. The zero-order valence-corrected chi connectivity index (χ0v) is 14.8. The van der Waals surface area contributed by atoms with Gasteiger partial charge in [-0.15, -0.1) is 21.5 Å². The van der Waals surface area contributed by atoms with Crippen molar-refractivity contribution in [3.63, 3.8) is 0 Å². The fourth-order valence-corrected chi connectivity index (χ4v) is 4.04. The van der Waals surface area contributed by atoms with E-state index in [0.29, 0.717) is 17.2 Å². The molecule has 7 heteroatoms. The van der Waals surface area contributed by atoms with Crippen molar-refractivity contribution in [3.8, 4) is 10.8 Å². The molecule has 124 valence electrons. The monoisotopic (exact) mass is 351 g/mol. The van der Waals surface area contributed by atoms with E-state index in [1.54, 1.807) is 11.3 Å². The van der Waals surface area contributed by atoms with Gasteiger partial charge in [-0.2, -0.15) is 0 Å². The highest BCUT2D eigenvalue weighted by Crippen LogP contribution is 2.28. The summed E-state index contributed by atoms with van der Waals surface area (Å²) >= 11 is 2.87. The van der Waals surface area contributed by atoms with Crippen LogP contribution < -0.4 is 5.32 Å². The van der Waals surface area contributed by atoms with E-state index >= 15 is 0 Å². The Morgan fingerprint density at radius 1 is 1.35 bits per heavy atom. The highest BCUT2D eigenvalue weighted by Gasteiger charge is 2.22. The quantitative estimate of drug-likeness (QED) is 0.648. The number of thioether (sulfide) groups is 1. The second-order valence-corrected chi connectivity index (χ2v) is 8.05. The SMILES string of the molecule is C[C@H](Sc1nnc(-c2cccs2)o1)C(=O)NC1CCCCCC1. The lowest BCUT2D eigenvalue weighted by molar-refractivity contribution is -0.121. The Labute approximate surface area is 144 Å². The summed E-state index contributed by atoms with van der Waals surface area (Å²) in [6.45, 7) is 1.88. The van der Waals surface area contributed by atoms with Gasteiger partial charge in [-0.3, -0.25) is 4.79 Å². The van der Waals surface area contributed by atoms with E-state index < -0.39 is 0 Å². The fraction of sp³-hybridized carbons (Fsp3) is 0.562.